The summed E-state index contributed by atoms with van der Waals surface area (Å²) in [5.41, 5.74) is 3.64. The molecule has 0 aromatic carbocycles. The third-order valence-electron chi connectivity index (χ3n) is 3.76. The van der Waals surface area contributed by atoms with Gasteiger partial charge in [0.05, 0.1) is 26.3 Å². The van der Waals surface area contributed by atoms with E-state index >= 15 is 0 Å². The number of hydrogen-bond donors (Lipinski definition) is 0. The zero-order chi connectivity index (χ0) is 18.0. The number of carbonyl (C=O) groups is 1. The predicted molar refractivity (Wildman–Crippen MR) is 104 cm³/mol. The minimum atomic E-state index is 0.154. The number of thiazole rings is 2. The smallest absolute Gasteiger partial charge is 0.164 e. The highest BCUT2D eigenvalue weighted by Crippen LogP contribution is 2.31. The van der Waals surface area contributed by atoms with E-state index in [-0.39, 0.29) is 5.78 Å². The van der Waals surface area contributed by atoms with Gasteiger partial charge in [-0.15, -0.1) is 22.7 Å². The molecule has 4 nitrogen and oxygen atoms in total. The fourth-order valence-electron chi connectivity index (χ4n) is 2.60. The molecule has 0 N–H and O–H groups in total. The van der Waals surface area contributed by atoms with E-state index in [4.69, 9.17) is 4.98 Å². The van der Waals surface area contributed by atoms with Crippen LogP contribution in [-0.2, 0) is 6.42 Å². The van der Waals surface area contributed by atoms with Gasteiger partial charge in [-0.05, 0) is 31.9 Å². The molecule has 0 spiro atoms. The van der Waals surface area contributed by atoms with Gasteiger partial charge in [-0.25, -0.2) is 9.97 Å². The van der Waals surface area contributed by atoms with Crippen LogP contribution >= 0.6 is 22.7 Å². The molecule has 6 heteroatoms. The molecule has 130 valence electrons. The molecular weight excluding hydrogens is 350 g/mol. The minimum Gasteiger partial charge on any atom is -0.294 e. The first kappa shape index (κ1) is 17.9. The second-order valence-electron chi connectivity index (χ2n) is 6.51. The monoisotopic (exact) mass is 371 g/mol. The average Bonchev–Trinajstić information content (AvgIpc) is 3.13. The van der Waals surface area contributed by atoms with Crippen LogP contribution < -0.4 is 0 Å². The van der Waals surface area contributed by atoms with Gasteiger partial charge in [0.2, 0.25) is 0 Å². The van der Waals surface area contributed by atoms with Crippen LogP contribution in [0, 0.1) is 19.8 Å². The summed E-state index contributed by atoms with van der Waals surface area (Å²) in [6.45, 7) is 8.13. The number of aryl methyl sites for hydroxylation is 2. The summed E-state index contributed by atoms with van der Waals surface area (Å²) in [6, 6.07) is 3.80. The van der Waals surface area contributed by atoms with Crippen molar-refractivity contribution in [2.24, 2.45) is 5.92 Å². The van der Waals surface area contributed by atoms with Crippen molar-refractivity contribution in [2.45, 2.75) is 40.5 Å². The van der Waals surface area contributed by atoms with Crippen molar-refractivity contribution in [3.8, 4) is 10.6 Å². The second kappa shape index (κ2) is 7.54. The fraction of sp³-hybridized carbons (Fsp3) is 0.368. The van der Waals surface area contributed by atoms with Crippen LogP contribution in [0.1, 0.15) is 52.0 Å². The Balaban J connectivity index is 1.71. The summed E-state index contributed by atoms with van der Waals surface area (Å²) in [5.74, 6) is 0.515. The molecule has 3 heterocycles. The molecule has 0 aliphatic carbocycles. The maximum absolute atomic E-state index is 12.1. The van der Waals surface area contributed by atoms with Crippen LogP contribution in [0.25, 0.3) is 10.6 Å². The van der Waals surface area contributed by atoms with Gasteiger partial charge in [0.25, 0.3) is 0 Å². The highest BCUT2D eigenvalue weighted by molar-refractivity contribution is 7.15. The first-order valence-corrected chi connectivity index (χ1v) is 9.99. The summed E-state index contributed by atoms with van der Waals surface area (Å²) in [4.78, 5) is 26.8. The maximum Gasteiger partial charge on any atom is 0.164 e. The first-order chi connectivity index (χ1) is 11.9. The molecule has 0 saturated heterocycles. The number of hydrogen-bond acceptors (Lipinski definition) is 6. The van der Waals surface area contributed by atoms with Crippen molar-refractivity contribution in [2.75, 3.05) is 0 Å². The largest absolute Gasteiger partial charge is 0.294 e. The molecule has 0 aliphatic heterocycles. The lowest BCUT2D eigenvalue weighted by Crippen LogP contribution is -2.04. The van der Waals surface area contributed by atoms with Crippen LogP contribution in [0.2, 0.25) is 0 Å². The van der Waals surface area contributed by atoms with Crippen molar-refractivity contribution in [1.82, 2.24) is 15.0 Å². The van der Waals surface area contributed by atoms with Gasteiger partial charge < -0.3 is 0 Å². The van der Waals surface area contributed by atoms with Gasteiger partial charge in [-0.1, -0.05) is 13.8 Å². The summed E-state index contributed by atoms with van der Waals surface area (Å²) in [6.07, 6.45) is 2.93. The SMILES string of the molecule is Cc1nc(C)c(-c2csc(Cc3ccc(C(=O)CC(C)C)cn3)n2)s1. The van der Waals surface area contributed by atoms with E-state index < -0.39 is 0 Å². The van der Waals surface area contributed by atoms with Crippen molar-refractivity contribution < 1.29 is 4.79 Å². The number of nitrogens with zero attached hydrogens (tertiary/aromatic N) is 3. The summed E-state index contributed by atoms with van der Waals surface area (Å²) in [7, 11) is 0. The molecule has 0 atom stereocenters. The van der Waals surface area contributed by atoms with Crippen molar-refractivity contribution in [1.29, 1.82) is 0 Å². The molecule has 0 aliphatic rings. The Morgan fingerprint density at radius 3 is 2.60 bits per heavy atom. The Morgan fingerprint density at radius 1 is 1.20 bits per heavy atom. The van der Waals surface area contributed by atoms with Crippen LogP contribution in [0.15, 0.2) is 23.7 Å². The Bertz CT molecular complexity index is 878. The molecule has 0 radical (unpaired) electrons. The van der Waals surface area contributed by atoms with Crippen LogP contribution in [0.5, 0.6) is 0 Å². The molecule has 3 aromatic heterocycles. The number of Topliss-reactive ketones (excluding diaryl/α,β-unsaturated/α-hetero) is 1. The van der Waals surface area contributed by atoms with Crippen molar-refractivity contribution in [3.63, 3.8) is 0 Å². The Kier molecular flexibility index (Phi) is 5.39. The van der Waals surface area contributed by atoms with E-state index in [1.807, 2.05) is 39.8 Å². The minimum absolute atomic E-state index is 0.154. The molecular formula is C19H21N3OS2. The summed E-state index contributed by atoms with van der Waals surface area (Å²) in [5, 5.41) is 4.16. The van der Waals surface area contributed by atoms with Gasteiger partial charge in [-0.3, -0.25) is 9.78 Å². The summed E-state index contributed by atoms with van der Waals surface area (Å²) < 4.78 is 0. The molecule has 0 fully saturated rings. The maximum atomic E-state index is 12.1. The molecule has 3 rings (SSSR count). The van der Waals surface area contributed by atoms with Crippen LogP contribution in [-0.4, -0.2) is 20.7 Å². The lowest BCUT2D eigenvalue weighted by Gasteiger charge is -2.04. The van der Waals surface area contributed by atoms with E-state index in [1.165, 1.54) is 0 Å². The van der Waals surface area contributed by atoms with Crippen molar-refractivity contribution >= 4 is 28.5 Å². The zero-order valence-electron chi connectivity index (χ0n) is 14.9. The number of rotatable bonds is 6. The lowest BCUT2D eigenvalue weighted by molar-refractivity contribution is 0.0967. The number of aromatic nitrogens is 3. The van der Waals surface area contributed by atoms with Gasteiger partial charge in [-0.2, -0.15) is 0 Å². The number of pyridine rings is 1. The molecule has 3 aromatic rings. The van der Waals surface area contributed by atoms with Crippen LogP contribution in [0.3, 0.4) is 0 Å². The Hall–Kier alpha value is -1.92. The highest BCUT2D eigenvalue weighted by Gasteiger charge is 2.13. The predicted octanol–water partition coefficient (Wildman–Crippen LogP) is 5.10. The number of carbonyl (C=O) groups excluding carboxylic acids is 1. The highest BCUT2D eigenvalue weighted by atomic mass is 32.1. The molecule has 25 heavy (non-hydrogen) atoms. The number of ketones is 1. The third kappa shape index (κ3) is 4.38. The lowest BCUT2D eigenvalue weighted by atomic mass is 10.0. The fourth-order valence-corrected chi connectivity index (χ4v) is 4.36. The third-order valence-corrected chi connectivity index (χ3v) is 5.70. The van der Waals surface area contributed by atoms with E-state index in [9.17, 15) is 4.79 Å². The van der Waals surface area contributed by atoms with Crippen molar-refractivity contribution in [3.05, 3.63) is 50.7 Å². The van der Waals surface area contributed by atoms with E-state index in [0.717, 1.165) is 32.0 Å². The standard InChI is InChI=1S/C19H21N3OS2/c1-11(2)7-17(23)14-5-6-15(20-9-14)8-18-22-16(10-24-18)19-12(3)21-13(4)25-19/h5-6,9-11H,7-8H2,1-4H3. The normalized spacial score (nSPS) is 11.2. The van der Waals surface area contributed by atoms with Gasteiger partial charge >= 0.3 is 0 Å². The van der Waals surface area contributed by atoms with E-state index in [2.05, 4.69) is 15.3 Å². The molecule has 0 amide bonds. The van der Waals surface area contributed by atoms with Gasteiger partial charge in [0.15, 0.2) is 5.78 Å². The Labute approximate surface area is 156 Å². The van der Waals surface area contributed by atoms with Gasteiger partial charge in [0.1, 0.15) is 0 Å². The average molecular weight is 372 g/mol. The summed E-state index contributed by atoms with van der Waals surface area (Å²) >= 11 is 3.31. The van der Waals surface area contributed by atoms with E-state index in [0.29, 0.717) is 24.3 Å². The van der Waals surface area contributed by atoms with Crippen LogP contribution in [0.4, 0.5) is 0 Å². The second-order valence-corrected chi connectivity index (χ2v) is 8.66. The Morgan fingerprint density at radius 2 is 2.00 bits per heavy atom. The molecule has 0 unspecified atom stereocenters. The zero-order valence-corrected chi connectivity index (χ0v) is 16.5. The molecule has 0 bridgehead atoms. The molecule has 0 saturated carbocycles. The van der Waals surface area contributed by atoms with Gasteiger partial charge in [0, 0.05) is 35.7 Å². The quantitative estimate of drug-likeness (QED) is 0.566. The van der Waals surface area contributed by atoms with E-state index in [1.54, 1.807) is 28.9 Å². The first-order valence-electron chi connectivity index (χ1n) is 8.29. The topological polar surface area (TPSA) is 55.7 Å².